The van der Waals surface area contributed by atoms with Crippen molar-refractivity contribution in [1.82, 2.24) is 9.80 Å². The van der Waals surface area contributed by atoms with Crippen LogP contribution in [0, 0.1) is 5.92 Å². The van der Waals surface area contributed by atoms with E-state index in [1.54, 1.807) is 4.90 Å². The van der Waals surface area contributed by atoms with Gasteiger partial charge in [0.25, 0.3) is 0 Å². The zero-order chi connectivity index (χ0) is 18.0. The van der Waals surface area contributed by atoms with Crippen LogP contribution in [0.25, 0.3) is 0 Å². The molecule has 2 amide bonds. The van der Waals surface area contributed by atoms with Crippen LogP contribution < -0.4 is 0 Å². The van der Waals surface area contributed by atoms with E-state index in [4.69, 9.17) is 0 Å². The van der Waals surface area contributed by atoms with Gasteiger partial charge < -0.3 is 9.80 Å². The monoisotopic (exact) mass is 404 g/mol. The number of likely N-dealkylation sites (tertiary alicyclic amines) is 2. The molecule has 5 heteroatoms. The number of carbonyl (C=O) groups is 2. The number of rotatable bonds is 3. The number of amides is 2. The minimum atomic E-state index is -0.0317. The standard InChI is InChI=1S/C20H25BrN2O2/c1-3-19(24)22-10-8-16(9-11-22)20(25)23-13-17(12-14(23)2)15-4-6-18(21)7-5-15/h3-7,14,16-17H,1,8-13H2,2H3. The minimum Gasteiger partial charge on any atom is -0.339 e. The summed E-state index contributed by atoms with van der Waals surface area (Å²) in [7, 11) is 0. The fourth-order valence-electron chi connectivity index (χ4n) is 4.02. The third-order valence-corrected chi connectivity index (χ3v) is 6.06. The molecule has 2 fully saturated rings. The Balaban J connectivity index is 1.60. The SMILES string of the molecule is C=CC(=O)N1CCC(C(=O)N2CC(c3ccc(Br)cc3)CC2C)CC1. The van der Waals surface area contributed by atoms with Crippen LogP contribution >= 0.6 is 15.9 Å². The van der Waals surface area contributed by atoms with Gasteiger partial charge in [0.15, 0.2) is 0 Å². The second-order valence-corrected chi connectivity index (χ2v) is 8.04. The van der Waals surface area contributed by atoms with Crippen LogP contribution in [0.1, 0.15) is 37.7 Å². The summed E-state index contributed by atoms with van der Waals surface area (Å²) in [6, 6.07) is 8.70. The quantitative estimate of drug-likeness (QED) is 0.722. The van der Waals surface area contributed by atoms with Gasteiger partial charge in [0.2, 0.25) is 11.8 Å². The summed E-state index contributed by atoms with van der Waals surface area (Å²) in [5.74, 6) is 0.683. The second kappa shape index (κ2) is 7.73. The molecule has 0 aromatic heterocycles. The van der Waals surface area contributed by atoms with Gasteiger partial charge in [-0.25, -0.2) is 0 Å². The summed E-state index contributed by atoms with van der Waals surface area (Å²) in [5.41, 5.74) is 1.30. The van der Waals surface area contributed by atoms with Gasteiger partial charge in [-0.05, 0) is 50.0 Å². The van der Waals surface area contributed by atoms with Gasteiger partial charge in [-0.15, -0.1) is 0 Å². The highest BCUT2D eigenvalue weighted by Crippen LogP contribution is 2.34. The summed E-state index contributed by atoms with van der Waals surface area (Å²) < 4.78 is 1.08. The Morgan fingerprint density at radius 1 is 1.20 bits per heavy atom. The van der Waals surface area contributed by atoms with Crippen molar-refractivity contribution >= 4 is 27.7 Å². The Hall–Kier alpha value is -1.62. The molecule has 2 atom stereocenters. The molecule has 1 aromatic carbocycles. The Morgan fingerprint density at radius 3 is 2.44 bits per heavy atom. The van der Waals surface area contributed by atoms with E-state index in [1.807, 2.05) is 0 Å². The average molecular weight is 405 g/mol. The first-order valence-electron chi connectivity index (χ1n) is 8.97. The van der Waals surface area contributed by atoms with Crippen LogP contribution in [0.15, 0.2) is 41.4 Å². The third kappa shape index (κ3) is 3.97. The van der Waals surface area contributed by atoms with Crippen LogP contribution in [0.2, 0.25) is 0 Å². The van der Waals surface area contributed by atoms with Crippen LogP contribution in [0.5, 0.6) is 0 Å². The maximum Gasteiger partial charge on any atom is 0.245 e. The summed E-state index contributed by atoms with van der Waals surface area (Å²) in [5, 5.41) is 0. The predicted octanol–water partition coefficient (Wildman–Crippen LogP) is 3.58. The Labute approximate surface area is 158 Å². The average Bonchev–Trinajstić information content (AvgIpc) is 3.03. The largest absolute Gasteiger partial charge is 0.339 e. The molecule has 0 saturated carbocycles. The van der Waals surface area contributed by atoms with Crippen molar-refractivity contribution in [2.75, 3.05) is 19.6 Å². The molecule has 25 heavy (non-hydrogen) atoms. The minimum absolute atomic E-state index is 0.0317. The van der Waals surface area contributed by atoms with Gasteiger partial charge in [-0.2, -0.15) is 0 Å². The molecule has 134 valence electrons. The first-order chi connectivity index (χ1) is 12.0. The normalized spacial score (nSPS) is 24.4. The van der Waals surface area contributed by atoms with E-state index in [9.17, 15) is 9.59 Å². The van der Waals surface area contributed by atoms with Crippen LogP contribution in [0.3, 0.4) is 0 Å². The lowest BCUT2D eigenvalue weighted by Crippen LogP contribution is -2.45. The molecule has 4 nitrogen and oxygen atoms in total. The van der Waals surface area contributed by atoms with Gasteiger partial charge in [0, 0.05) is 42.0 Å². The topological polar surface area (TPSA) is 40.6 Å². The molecule has 2 aliphatic rings. The molecule has 0 bridgehead atoms. The summed E-state index contributed by atoms with van der Waals surface area (Å²) in [6.45, 7) is 7.79. The van der Waals surface area contributed by atoms with E-state index in [0.717, 1.165) is 30.3 Å². The van der Waals surface area contributed by atoms with Crippen molar-refractivity contribution < 1.29 is 9.59 Å². The molecule has 0 N–H and O–H groups in total. The Kier molecular flexibility index (Phi) is 5.62. The van der Waals surface area contributed by atoms with E-state index < -0.39 is 0 Å². The molecular weight excluding hydrogens is 380 g/mol. The molecule has 2 unspecified atom stereocenters. The highest BCUT2D eigenvalue weighted by atomic mass is 79.9. The van der Waals surface area contributed by atoms with E-state index in [1.165, 1.54) is 11.6 Å². The zero-order valence-electron chi connectivity index (χ0n) is 14.7. The summed E-state index contributed by atoms with van der Waals surface area (Å²) in [4.78, 5) is 28.5. The van der Waals surface area contributed by atoms with Gasteiger partial charge in [-0.3, -0.25) is 9.59 Å². The van der Waals surface area contributed by atoms with E-state index in [2.05, 4.69) is 58.6 Å². The molecule has 3 rings (SSSR count). The van der Waals surface area contributed by atoms with Crippen molar-refractivity contribution in [2.24, 2.45) is 5.92 Å². The molecule has 0 spiro atoms. The lowest BCUT2D eigenvalue weighted by Gasteiger charge is -2.34. The highest BCUT2D eigenvalue weighted by molar-refractivity contribution is 9.10. The van der Waals surface area contributed by atoms with Crippen molar-refractivity contribution in [1.29, 1.82) is 0 Å². The second-order valence-electron chi connectivity index (χ2n) is 7.13. The number of carbonyl (C=O) groups excluding carboxylic acids is 2. The van der Waals surface area contributed by atoms with Crippen LogP contribution in [0.4, 0.5) is 0 Å². The van der Waals surface area contributed by atoms with Gasteiger partial charge >= 0.3 is 0 Å². The van der Waals surface area contributed by atoms with Crippen molar-refractivity contribution in [3.8, 4) is 0 Å². The molecule has 0 aliphatic carbocycles. The van der Waals surface area contributed by atoms with Crippen molar-refractivity contribution in [2.45, 2.75) is 38.1 Å². The number of hydrogen-bond donors (Lipinski definition) is 0. The molecular formula is C20H25BrN2O2. The Bertz CT molecular complexity index is 650. The number of nitrogens with zero attached hydrogens (tertiary/aromatic N) is 2. The van der Waals surface area contributed by atoms with E-state index in [0.29, 0.717) is 19.0 Å². The summed E-state index contributed by atoms with van der Waals surface area (Å²) >= 11 is 3.47. The summed E-state index contributed by atoms with van der Waals surface area (Å²) in [6.07, 6.45) is 3.88. The maximum atomic E-state index is 13.0. The smallest absolute Gasteiger partial charge is 0.245 e. The maximum absolute atomic E-state index is 13.0. The van der Waals surface area contributed by atoms with Gasteiger partial charge in [0.05, 0.1) is 0 Å². The molecule has 2 heterocycles. The van der Waals surface area contributed by atoms with Crippen molar-refractivity contribution in [3.63, 3.8) is 0 Å². The molecule has 2 aliphatic heterocycles. The number of piperidine rings is 1. The van der Waals surface area contributed by atoms with Gasteiger partial charge in [0.1, 0.15) is 0 Å². The highest BCUT2D eigenvalue weighted by Gasteiger charge is 2.37. The van der Waals surface area contributed by atoms with Crippen LogP contribution in [-0.2, 0) is 9.59 Å². The third-order valence-electron chi connectivity index (χ3n) is 5.53. The number of hydrogen-bond acceptors (Lipinski definition) is 2. The molecule has 0 radical (unpaired) electrons. The van der Waals surface area contributed by atoms with Crippen LogP contribution in [-0.4, -0.2) is 47.3 Å². The first kappa shape index (κ1) is 18.2. The first-order valence-corrected chi connectivity index (χ1v) is 9.76. The lowest BCUT2D eigenvalue weighted by molar-refractivity contribution is -0.139. The van der Waals surface area contributed by atoms with Gasteiger partial charge in [-0.1, -0.05) is 34.6 Å². The fraction of sp³-hybridized carbons (Fsp3) is 0.500. The molecule has 2 saturated heterocycles. The fourth-order valence-corrected chi connectivity index (χ4v) is 4.29. The van der Waals surface area contributed by atoms with E-state index in [-0.39, 0.29) is 23.8 Å². The van der Waals surface area contributed by atoms with E-state index >= 15 is 0 Å². The predicted molar refractivity (Wildman–Crippen MR) is 102 cm³/mol. The molecule has 1 aromatic rings. The number of halogens is 1. The lowest BCUT2D eigenvalue weighted by atomic mass is 9.95. The number of benzene rings is 1. The van der Waals surface area contributed by atoms with Crippen molar-refractivity contribution in [3.05, 3.63) is 47.0 Å². The Morgan fingerprint density at radius 2 is 1.84 bits per heavy atom. The zero-order valence-corrected chi connectivity index (χ0v) is 16.2.